The molecule has 216 valence electrons. The van der Waals surface area contributed by atoms with Crippen molar-refractivity contribution in [3.05, 3.63) is 83.0 Å². The normalized spacial score (nSPS) is 18.6. The second-order valence-corrected chi connectivity index (χ2v) is 12.3. The second-order valence-electron chi connectivity index (χ2n) is 11.0. The van der Waals surface area contributed by atoms with Gasteiger partial charge in [-0.15, -0.1) is 0 Å². The van der Waals surface area contributed by atoms with E-state index in [1.54, 1.807) is 6.07 Å². The van der Waals surface area contributed by atoms with Gasteiger partial charge in [-0.05, 0) is 37.3 Å². The Hall–Kier alpha value is -3.10. The van der Waals surface area contributed by atoms with E-state index in [0.717, 1.165) is 42.6 Å². The number of carbonyl (C=O) groups is 2. The van der Waals surface area contributed by atoms with Gasteiger partial charge in [0.1, 0.15) is 11.0 Å². The molecule has 2 atom stereocenters. The highest BCUT2D eigenvalue weighted by Crippen LogP contribution is 2.29. The summed E-state index contributed by atoms with van der Waals surface area (Å²) in [6.45, 7) is 4.16. The minimum Gasteiger partial charge on any atom is -0.353 e. The largest absolute Gasteiger partial charge is 0.353 e. The fourth-order valence-corrected chi connectivity index (χ4v) is 6.73. The summed E-state index contributed by atoms with van der Waals surface area (Å²) in [6, 6.07) is 21.9. The molecule has 41 heavy (non-hydrogen) atoms. The Labute approximate surface area is 252 Å². The van der Waals surface area contributed by atoms with Crippen LogP contribution in [0.5, 0.6) is 0 Å². The van der Waals surface area contributed by atoms with Crippen LogP contribution < -0.4 is 10.2 Å². The maximum Gasteiger partial charge on any atom is 0.230 e. The lowest BCUT2D eigenvalue weighted by Gasteiger charge is -2.42. The van der Waals surface area contributed by atoms with Gasteiger partial charge < -0.3 is 15.1 Å². The Bertz CT molecular complexity index is 1310. The number of hydrogen-bond donors (Lipinski definition) is 1. The van der Waals surface area contributed by atoms with E-state index in [2.05, 4.69) is 34.3 Å². The van der Waals surface area contributed by atoms with Crippen LogP contribution in [0.2, 0.25) is 5.15 Å². The Morgan fingerprint density at radius 3 is 2.41 bits per heavy atom. The lowest BCUT2D eigenvalue weighted by Crippen LogP contribution is -2.55. The zero-order chi connectivity index (χ0) is 28.6. The average molecular weight is 592 g/mol. The number of aromatic nitrogens is 2. The summed E-state index contributed by atoms with van der Waals surface area (Å²) in [5.41, 5.74) is 2.22. The monoisotopic (exact) mass is 591 g/mol. The third-order valence-corrected chi connectivity index (χ3v) is 9.04. The summed E-state index contributed by atoms with van der Waals surface area (Å²) < 4.78 is 0. The van der Waals surface area contributed by atoms with Crippen LogP contribution in [0.4, 0.5) is 5.82 Å². The molecule has 1 aliphatic carbocycles. The fourth-order valence-electron chi connectivity index (χ4n) is 5.84. The summed E-state index contributed by atoms with van der Waals surface area (Å²) in [4.78, 5) is 39.5. The Morgan fingerprint density at radius 1 is 1.00 bits per heavy atom. The predicted octanol–water partition coefficient (Wildman–Crippen LogP) is 5.94. The van der Waals surface area contributed by atoms with Gasteiger partial charge in [-0.3, -0.25) is 9.59 Å². The highest BCUT2D eigenvalue weighted by Gasteiger charge is 2.33. The smallest absolute Gasteiger partial charge is 0.230 e. The number of halogens is 1. The molecule has 2 aliphatic rings. The van der Waals surface area contributed by atoms with E-state index in [0.29, 0.717) is 42.3 Å². The number of thioether (sulfide) groups is 1. The minimum absolute atomic E-state index is 0.0895. The third kappa shape index (κ3) is 8.01. The van der Waals surface area contributed by atoms with Crippen molar-refractivity contribution in [3.8, 4) is 0 Å². The third-order valence-electron chi connectivity index (χ3n) is 8.00. The quantitative estimate of drug-likeness (QED) is 0.188. The van der Waals surface area contributed by atoms with Crippen molar-refractivity contribution >= 4 is 41.0 Å². The predicted molar refractivity (Wildman–Crippen MR) is 165 cm³/mol. The van der Waals surface area contributed by atoms with E-state index in [4.69, 9.17) is 16.6 Å². The molecule has 1 aliphatic heterocycles. The SMILES string of the molecule is CC1CN(c2cc(Cl)nc(SCC(=O)NC(Cc3ccccc3)c3ccccc3)n2)CCN1C(=O)C1CCCCC1. The van der Waals surface area contributed by atoms with E-state index in [1.165, 1.54) is 18.2 Å². The first kappa shape index (κ1) is 29.4. The lowest BCUT2D eigenvalue weighted by molar-refractivity contribution is -0.139. The maximum atomic E-state index is 13.2. The first-order chi connectivity index (χ1) is 20.0. The van der Waals surface area contributed by atoms with Crippen molar-refractivity contribution in [2.24, 2.45) is 5.92 Å². The fraction of sp³-hybridized carbons (Fsp3) is 0.438. The zero-order valence-corrected chi connectivity index (χ0v) is 25.1. The number of anilines is 1. The molecule has 9 heteroatoms. The maximum absolute atomic E-state index is 13.2. The van der Waals surface area contributed by atoms with Gasteiger partial charge >= 0.3 is 0 Å². The van der Waals surface area contributed by atoms with Crippen LogP contribution in [0.25, 0.3) is 0 Å². The number of nitrogens with zero attached hydrogens (tertiary/aromatic N) is 4. The molecule has 1 saturated heterocycles. The summed E-state index contributed by atoms with van der Waals surface area (Å²) in [5, 5.41) is 4.01. The summed E-state index contributed by atoms with van der Waals surface area (Å²) >= 11 is 7.68. The first-order valence-electron chi connectivity index (χ1n) is 14.6. The van der Waals surface area contributed by atoms with Crippen molar-refractivity contribution in [3.63, 3.8) is 0 Å². The first-order valence-corrected chi connectivity index (χ1v) is 15.9. The van der Waals surface area contributed by atoms with Crippen molar-refractivity contribution in [2.75, 3.05) is 30.3 Å². The molecular weight excluding hydrogens is 554 g/mol. The highest BCUT2D eigenvalue weighted by atomic mass is 35.5. The van der Waals surface area contributed by atoms with Gasteiger partial charge in [-0.2, -0.15) is 0 Å². The van der Waals surface area contributed by atoms with Gasteiger partial charge in [-0.1, -0.05) is 103 Å². The van der Waals surface area contributed by atoms with Crippen molar-refractivity contribution in [1.29, 1.82) is 0 Å². The van der Waals surface area contributed by atoms with Gasteiger partial charge in [0.2, 0.25) is 11.8 Å². The Kier molecular flexibility index (Phi) is 10.2. The van der Waals surface area contributed by atoms with Crippen molar-refractivity contribution in [1.82, 2.24) is 20.2 Å². The van der Waals surface area contributed by atoms with Crippen LogP contribution in [-0.2, 0) is 16.0 Å². The molecule has 3 aromatic rings. The second kappa shape index (κ2) is 14.2. The van der Waals surface area contributed by atoms with Crippen LogP contribution in [0.1, 0.15) is 56.2 Å². The molecule has 2 amide bonds. The van der Waals surface area contributed by atoms with Crippen LogP contribution in [0.15, 0.2) is 71.9 Å². The van der Waals surface area contributed by atoms with E-state index >= 15 is 0 Å². The van der Waals surface area contributed by atoms with E-state index in [9.17, 15) is 9.59 Å². The molecule has 7 nitrogen and oxygen atoms in total. The van der Waals surface area contributed by atoms with Gasteiger partial charge in [0, 0.05) is 37.7 Å². The average Bonchev–Trinajstić information content (AvgIpc) is 3.00. The topological polar surface area (TPSA) is 78.4 Å². The number of piperazine rings is 1. The van der Waals surface area contributed by atoms with E-state index < -0.39 is 0 Å². The molecular formula is C32H38ClN5O2S. The van der Waals surface area contributed by atoms with E-state index in [1.807, 2.05) is 53.4 Å². The number of benzene rings is 2. The molecule has 1 aromatic heterocycles. The summed E-state index contributed by atoms with van der Waals surface area (Å²) in [6.07, 6.45) is 6.28. The molecule has 5 rings (SSSR count). The number of rotatable bonds is 9. The Morgan fingerprint density at radius 2 is 1.71 bits per heavy atom. The van der Waals surface area contributed by atoms with Gasteiger partial charge in [0.25, 0.3) is 0 Å². The van der Waals surface area contributed by atoms with Crippen LogP contribution in [-0.4, -0.2) is 58.1 Å². The molecule has 2 unspecified atom stereocenters. The lowest BCUT2D eigenvalue weighted by atomic mass is 9.88. The van der Waals surface area contributed by atoms with Crippen LogP contribution in [0, 0.1) is 5.92 Å². The van der Waals surface area contributed by atoms with Gasteiger partial charge in [-0.25, -0.2) is 9.97 Å². The van der Waals surface area contributed by atoms with Crippen molar-refractivity contribution < 1.29 is 9.59 Å². The van der Waals surface area contributed by atoms with Crippen LogP contribution >= 0.6 is 23.4 Å². The number of nitrogens with one attached hydrogen (secondary N) is 1. The molecule has 0 radical (unpaired) electrons. The zero-order valence-electron chi connectivity index (χ0n) is 23.5. The van der Waals surface area contributed by atoms with E-state index in [-0.39, 0.29) is 29.7 Å². The molecule has 0 spiro atoms. The molecule has 2 fully saturated rings. The van der Waals surface area contributed by atoms with Crippen LogP contribution in [0.3, 0.4) is 0 Å². The molecule has 1 saturated carbocycles. The highest BCUT2D eigenvalue weighted by molar-refractivity contribution is 7.99. The molecule has 2 heterocycles. The Balaban J connectivity index is 1.19. The molecule has 0 bridgehead atoms. The number of amides is 2. The van der Waals surface area contributed by atoms with Gasteiger partial charge in [0.05, 0.1) is 11.8 Å². The minimum atomic E-state index is -0.142. The van der Waals surface area contributed by atoms with Crippen molar-refractivity contribution in [2.45, 2.75) is 62.7 Å². The molecule has 1 N–H and O–H groups in total. The molecule has 2 aromatic carbocycles. The summed E-state index contributed by atoms with van der Waals surface area (Å²) in [7, 11) is 0. The summed E-state index contributed by atoms with van der Waals surface area (Å²) in [5.74, 6) is 1.30. The number of hydrogen-bond acceptors (Lipinski definition) is 6. The van der Waals surface area contributed by atoms with Gasteiger partial charge in [0.15, 0.2) is 5.16 Å². The number of carbonyl (C=O) groups excluding carboxylic acids is 2. The standard InChI is InChI=1S/C32H38ClN5O2S/c1-23-21-37(17-18-38(23)31(40)26-15-9-4-10-16-26)29-20-28(33)35-32(36-29)41-22-30(39)34-27(25-13-7-3-8-14-25)19-24-11-5-2-6-12-24/h2-3,5-8,11-14,20,23,26-27H,4,9-10,15-19,21-22H2,1H3,(H,34,39).